The highest BCUT2D eigenvalue weighted by molar-refractivity contribution is 5.81. The van der Waals surface area contributed by atoms with Crippen molar-refractivity contribution in [2.75, 3.05) is 0 Å². The van der Waals surface area contributed by atoms with Crippen molar-refractivity contribution in [1.29, 1.82) is 0 Å². The van der Waals surface area contributed by atoms with Gasteiger partial charge in [0.2, 0.25) is 5.92 Å². The third-order valence-corrected chi connectivity index (χ3v) is 3.72. The third-order valence-electron chi connectivity index (χ3n) is 3.72. The molecule has 1 aliphatic carbocycles. The van der Waals surface area contributed by atoms with Crippen LogP contribution in [0, 0.1) is 11.6 Å². The summed E-state index contributed by atoms with van der Waals surface area (Å²) in [7, 11) is 0. The zero-order valence-corrected chi connectivity index (χ0v) is 9.93. The van der Waals surface area contributed by atoms with E-state index in [2.05, 4.69) is 0 Å². The summed E-state index contributed by atoms with van der Waals surface area (Å²) in [5.41, 5.74) is -1.52. The minimum Gasteiger partial charge on any atom is -0.481 e. The molecule has 0 bridgehead atoms. The largest absolute Gasteiger partial charge is 0.481 e. The van der Waals surface area contributed by atoms with Crippen molar-refractivity contribution in [3.05, 3.63) is 35.4 Å². The van der Waals surface area contributed by atoms with Gasteiger partial charge in [-0.2, -0.15) is 0 Å². The monoisotopic (exact) mass is 276 g/mol. The Hall–Kier alpha value is -1.59. The fourth-order valence-corrected chi connectivity index (χ4v) is 2.46. The van der Waals surface area contributed by atoms with Gasteiger partial charge in [0.05, 0.1) is 5.41 Å². The van der Waals surface area contributed by atoms with E-state index in [1.54, 1.807) is 0 Å². The molecule has 1 aromatic carbocycles. The van der Waals surface area contributed by atoms with Crippen molar-refractivity contribution in [2.45, 2.75) is 37.0 Å². The SMILES string of the molecule is O=C(O)C1(c2ccc(F)c(F)c2)CCC(F)(F)CC1. The predicted molar refractivity (Wildman–Crippen MR) is 59.1 cm³/mol. The molecule has 0 atom stereocenters. The van der Waals surface area contributed by atoms with Gasteiger partial charge in [-0.3, -0.25) is 4.79 Å². The molecule has 2 rings (SSSR count). The molecule has 6 heteroatoms. The molecule has 19 heavy (non-hydrogen) atoms. The molecule has 0 aromatic heterocycles. The van der Waals surface area contributed by atoms with Crippen molar-refractivity contribution < 1.29 is 27.5 Å². The molecule has 1 aromatic rings. The third kappa shape index (κ3) is 2.43. The number of aliphatic carboxylic acids is 1. The Labute approximate surface area is 107 Å². The van der Waals surface area contributed by atoms with Crippen molar-refractivity contribution in [3.8, 4) is 0 Å². The Kier molecular flexibility index (Phi) is 3.28. The van der Waals surface area contributed by atoms with E-state index in [0.29, 0.717) is 0 Å². The summed E-state index contributed by atoms with van der Waals surface area (Å²) in [6.45, 7) is 0. The average molecular weight is 276 g/mol. The minimum absolute atomic E-state index is 0.0365. The highest BCUT2D eigenvalue weighted by atomic mass is 19.3. The fraction of sp³-hybridized carbons (Fsp3) is 0.462. The van der Waals surface area contributed by atoms with Crippen LogP contribution in [-0.2, 0) is 10.2 Å². The number of alkyl halides is 2. The van der Waals surface area contributed by atoms with E-state index in [0.717, 1.165) is 18.2 Å². The van der Waals surface area contributed by atoms with E-state index >= 15 is 0 Å². The molecule has 0 unspecified atom stereocenters. The van der Waals surface area contributed by atoms with E-state index < -0.39 is 41.8 Å². The van der Waals surface area contributed by atoms with Crippen LogP contribution in [0.25, 0.3) is 0 Å². The normalized spacial score (nSPS) is 21.1. The number of rotatable bonds is 2. The smallest absolute Gasteiger partial charge is 0.314 e. The molecule has 0 spiro atoms. The summed E-state index contributed by atoms with van der Waals surface area (Å²) in [6.07, 6.45) is -1.72. The Bertz CT molecular complexity index is 503. The highest BCUT2D eigenvalue weighted by Gasteiger charge is 2.49. The molecule has 1 N–H and O–H groups in total. The van der Waals surface area contributed by atoms with E-state index in [1.165, 1.54) is 0 Å². The summed E-state index contributed by atoms with van der Waals surface area (Å²) in [5.74, 6) is -6.44. The van der Waals surface area contributed by atoms with Crippen LogP contribution in [0.15, 0.2) is 18.2 Å². The number of carboxylic acids is 1. The number of carboxylic acid groups (broad SMARTS) is 1. The van der Waals surface area contributed by atoms with Crippen LogP contribution < -0.4 is 0 Å². The first-order valence-electron chi connectivity index (χ1n) is 5.84. The van der Waals surface area contributed by atoms with Crippen molar-refractivity contribution in [2.24, 2.45) is 0 Å². The Balaban J connectivity index is 2.41. The molecule has 0 saturated heterocycles. The summed E-state index contributed by atoms with van der Waals surface area (Å²) >= 11 is 0. The number of hydrogen-bond donors (Lipinski definition) is 1. The molecular weight excluding hydrogens is 264 g/mol. The second-order valence-electron chi connectivity index (χ2n) is 4.87. The average Bonchev–Trinajstić information content (AvgIpc) is 2.33. The maximum absolute atomic E-state index is 13.2. The summed E-state index contributed by atoms with van der Waals surface area (Å²) in [4.78, 5) is 11.4. The lowest BCUT2D eigenvalue weighted by atomic mass is 9.68. The van der Waals surface area contributed by atoms with Gasteiger partial charge in [0.1, 0.15) is 0 Å². The Morgan fingerprint density at radius 1 is 1.05 bits per heavy atom. The van der Waals surface area contributed by atoms with E-state index in [4.69, 9.17) is 0 Å². The van der Waals surface area contributed by atoms with Crippen molar-refractivity contribution >= 4 is 5.97 Å². The van der Waals surface area contributed by atoms with Crippen molar-refractivity contribution in [3.63, 3.8) is 0 Å². The molecule has 2 nitrogen and oxygen atoms in total. The standard InChI is InChI=1S/C13H12F4O2/c14-9-2-1-8(7-10(9)15)12(11(18)19)3-5-13(16,17)6-4-12/h1-2,7H,3-6H2,(H,18,19). The molecule has 1 saturated carbocycles. The molecule has 1 fully saturated rings. The number of hydrogen-bond acceptors (Lipinski definition) is 1. The van der Waals surface area contributed by atoms with E-state index in [-0.39, 0.29) is 18.4 Å². The second-order valence-corrected chi connectivity index (χ2v) is 4.87. The topological polar surface area (TPSA) is 37.3 Å². The van der Waals surface area contributed by atoms with Crippen LogP contribution in [-0.4, -0.2) is 17.0 Å². The van der Waals surface area contributed by atoms with Crippen LogP contribution in [0.3, 0.4) is 0 Å². The zero-order chi connectivity index (χ0) is 14.3. The lowest BCUT2D eigenvalue weighted by molar-refractivity contribution is -0.149. The maximum atomic E-state index is 13.2. The molecular formula is C13H12F4O2. The van der Waals surface area contributed by atoms with Crippen LogP contribution in [0.4, 0.5) is 17.6 Å². The van der Waals surface area contributed by atoms with Gasteiger partial charge in [0.15, 0.2) is 11.6 Å². The highest BCUT2D eigenvalue weighted by Crippen LogP contribution is 2.45. The number of benzene rings is 1. The van der Waals surface area contributed by atoms with Gasteiger partial charge in [-0.15, -0.1) is 0 Å². The van der Waals surface area contributed by atoms with Gasteiger partial charge in [-0.05, 0) is 30.5 Å². The number of carbonyl (C=O) groups is 1. The van der Waals surface area contributed by atoms with E-state index in [9.17, 15) is 27.5 Å². The first-order chi connectivity index (χ1) is 8.77. The summed E-state index contributed by atoms with van der Waals surface area (Å²) in [6, 6.07) is 2.75. The molecule has 1 aliphatic rings. The quantitative estimate of drug-likeness (QED) is 0.839. The van der Waals surface area contributed by atoms with Gasteiger partial charge < -0.3 is 5.11 Å². The van der Waals surface area contributed by atoms with Crippen LogP contribution in [0.5, 0.6) is 0 Å². The predicted octanol–water partition coefficient (Wildman–Crippen LogP) is 3.50. The Morgan fingerprint density at radius 2 is 1.63 bits per heavy atom. The first-order valence-corrected chi connectivity index (χ1v) is 5.84. The summed E-state index contributed by atoms with van der Waals surface area (Å²) in [5, 5.41) is 9.31. The molecule has 0 heterocycles. The molecule has 0 radical (unpaired) electrons. The van der Waals surface area contributed by atoms with Gasteiger partial charge >= 0.3 is 5.97 Å². The minimum atomic E-state index is -2.89. The van der Waals surface area contributed by atoms with Crippen LogP contribution in [0.2, 0.25) is 0 Å². The lowest BCUT2D eigenvalue weighted by Gasteiger charge is -2.37. The maximum Gasteiger partial charge on any atom is 0.314 e. The van der Waals surface area contributed by atoms with Crippen LogP contribution >= 0.6 is 0 Å². The van der Waals surface area contributed by atoms with Gasteiger partial charge in [0.25, 0.3) is 0 Å². The second kappa shape index (κ2) is 4.51. The van der Waals surface area contributed by atoms with Gasteiger partial charge in [-0.25, -0.2) is 17.6 Å². The Morgan fingerprint density at radius 3 is 2.11 bits per heavy atom. The van der Waals surface area contributed by atoms with Crippen LogP contribution in [0.1, 0.15) is 31.2 Å². The summed E-state index contributed by atoms with van der Waals surface area (Å²) < 4.78 is 52.4. The van der Waals surface area contributed by atoms with Gasteiger partial charge in [-0.1, -0.05) is 6.07 Å². The zero-order valence-electron chi connectivity index (χ0n) is 9.93. The molecule has 0 amide bonds. The molecule has 104 valence electrons. The van der Waals surface area contributed by atoms with E-state index in [1.807, 2.05) is 0 Å². The fourth-order valence-electron chi connectivity index (χ4n) is 2.46. The van der Waals surface area contributed by atoms with Crippen molar-refractivity contribution in [1.82, 2.24) is 0 Å². The number of halogens is 4. The first kappa shape index (κ1) is 13.8. The molecule has 0 aliphatic heterocycles. The lowest BCUT2D eigenvalue weighted by Crippen LogP contribution is -2.42. The van der Waals surface area contributed by atoms with Gasteiger partial charge in [0, 0.05) is 12.8 Å².